The molecule has 1 N–H and O–H groups in total. The Morgan fingerprint density at radius 3 is 2.94 bits per heavy atom. The second-order valence-electron chi connectivity index (χ2n) is 4.74. The number of hydrogen-bond donors (Lipinski definition) is 1. The number of carbonyl (C=O) groups is 1. The highest BCUT2D eigenvalue weighted by molar-refractivity contribution is 5.89. The highest BCUT2D eigenvalue weighted by atomic mass is 16.6. The van der Waals surface area contributed by atoms with Gasteiger partial charge in [-0.25, -0.2) is 4.79 Å². The van der Waals surface area contributed by atoms with Crippen molar-refractivity contribution in [2.75, 3.05) is 0 Å². The van der Waals surface area contributed by atoms with Gasteiger partial charge in [0.25, 0.3) is 0 Å². The Kier molecular flexibility index (Phi) is 2.75. The van der Waals surface area contributed by atoms with Crippen LogP contribution in [0.5, 0.6) is 0 Å². The summed E-state index contributed by atoms with van der Waals surface area (Å²) in [6.07, 6.45) is 8.62. The van der Waals surface area contributed by atoms with E-state index in [1.54, 1.807) is 35.8 Å². The fourth-order valence-corrected chi connectivity index (χ4v) is 1.40. The lowest BCUT2D eigenvalue weighted by molar-refractivity contribution is -0.150. The predicted molar refractivity (Wildman–Crippen MR) is 64.6 cm³/mol. The first kappa shape index (κ1) is 11.4. The lowest BCUT2D eigenvalue weighted by atomic mass is 10.2. The zero-order valence-corrected chi connectivity index (χ0v) is 10.1. The number of esters is 1. The molecule has 17 heavy (non-hydrogen) atoms. The number of rotatable bonds is 1. The molecule has 0 saturated heterocycles. The van der Waals surface area contributed by atoms with Gasteiger partial charge in [0, 0.05) is 12.4 Å². The maximum absolute atomic E-state index is 11.8. The van der Waals surface area contributed by atoms with E-state index in [-0.39, 0.29) is 5.97 Å². The van der Waals surface area contributed by atoms with Crippen molar-refractivity contribution < 1.29 is 9.53 Å². The van der Waals surface area contributed by atoms with Crippen LogP contribution < -0.4 is 5.43 Å². The smallest absolute Gasteiger partial charge is 0.356 e. The van der Waals surface area contributed by atoms with Crippen LogP contribution in [0.3, 0.4) is 0 Å². The fraction of sp³-hybridized carbons (Fsp3) is 0.333. The van der Waals surface area contributed by atoms with E-state index in [2.05, 4.69) is 10.4 Å². The van der Waals surface area contributed by atoms with Gasteiger partial charge in [0.2, 0.25) is 0 Å². The normalized spacial score (nSPS) is 17.9. The summed E-state index contributed by atoms with van der Waals surface area (Å²) in [5.74, 6) is -0.371. The minimum atomic E-state index is -0.498. The van der Waals surface area contributed by atoms with Crippen LogP contribution in [0.2, 0.25) is 0 Å². The number of hydrogen-bond acceptors (Lipinski definition) is 5. The molecule has 0 spiro atoms. The van der Waals surface area contributed by atoms with Gasteiger partial charge in [0.15, 0.2) is 0 Å². The van der Waals surface area contributed by atoms with Crippen molar-refractivity contribution in [3.05, 3.63) is 35.9 Å². The number of fused-ring (bicyclic) bond motifs is 1. The van der Waals surface area contributed by atoms with Gasteiger partial charge in [-0.3, -0.25) is 15.4 Å². The molecule has 0 aliphatic carbocycles. The van der Waals surface area contributed by atoms with Gasteiger partial charge in [-0.1, -0.05) is 0 Å². The van der Waals surface area contributed by atoms with Crippen molar-refractivity contribution in [2.24, 2.45) is 4.99 Å². The molecule has 90 valence electrons. The first-order valence-corrected chi connectivity index (χ1v) is 5.37. The Hall–Kier alpha value is -2.04. The fourth-order valence-electron chi connectivity index (χ4n) is 1.40. The molecule has 0 unspecified atom stereocenters. The number of aliphatic imine (C=N–C) groups is 1. The van der Waals surface area contributed by atoms with E-state index in [9.17, 15) is 4.79 Å². The summed E-state index contributed by atoms with van der Waals surface area (Å²) in [6.45, 7) is 5.51. The van der Waals surface area contributed by atoms with E-state index in [0.29, 0.717) is 5.70 Å². The standard InChI is InChI=1S/C12H15N3O2/c1-12(2,3)17-11(16)10-7-9-8-13-5-4-6-15(9)14-10/h4-8,14H,1-3H3. The van der Waals surface area contributed by atoms with E-state index < -0.39 is 5.60 Å². The van der Waals surface area contributed by atoms with Gasteiger partial charge in [-0.2, -0.15) is 0 Å². The zero-order valence-electron chi connectivity index (χ0n) is 10.1. The van der Waals surface area contributed by atoms with Crippen LogP contribution in [-0.2, 0) is 9.53 Å². The molecular weight excluding hydrogens is 218 g/mol. The summed E-state index contributed by atoms with van der Waals surface area (Å²) in [7, 11) is 0. The van der Waals surface area contributed by atoms with Gasteiger partial charge in [0.05, 0.1) is 11.9 Å². The molecule has 2 rings (SSSR count). The quantitative estimate of drug-likeness (QED) is 0.697. The Morgan fingerprint density at radius 2 is 2.24 bits per heavy atom. The van der Waals surface area contributed by atoms with Gasteiger partial charge < -0.3 is 4.74 Å². The number of allylic oxidation sites excluding steroid dienone is 2. The molecule has 0 aromatic rings. The van der Waals surface area contributed by atoms with Gasteiger partial charge >= 0.3 is 5.97 Å². The third kappa shape index (κ3) is 2.75. The lowest BCUT2D eigenvalue weighted by Gasteiger charge is -2.21. The minimum Gasteiger partial charge on any atom is -0.455 e. The predicted octanol–water partition coefficient (Wildman–Crippen LogP) is 1.47. The summed E-state index contributed by atoms with van der Waals surface area (Å²) >= 11 is 0. The maximum atomic E-state index is 11.8. The highest BCUT2D eigenvalue weighted by Crippen LogP contribution is 2.19. The van der Waals surface area contributed by atoms with Crippen LogP contribution in [0.4, 0.5) is 0 Å². The number of hydrazine groups is 1. The van der Waals surface area contributed by atoms with Crippen molar-refractivity contribution in [2.45, 2.75) is 26.4 Å². The number of carbonyl (C=O) groups excluding carboxylic acids is 1. The van der Waals surface area contributed by atoms with Gasteiger partial charge in [0.1, 0.15) is 11.3 Å². The van der Waals surface area contributed by atoms with Crippen LogP contribution in [0.25, 0.3) is 0 Å². The molecule has 2 heterocycles. The zero-order chi connectivity index (χ0) is 12.5. The Bertz CT molecular complexity index is 453. The molecule has 0 atom stereocenters. The average molecular weight is 233 g/mol. The van der Waals surface area contributed by atoms with Crippen LogP contribution >= 0.6 is 0 Å². The molecule has 5 nitrogen and oxygen atoms in total. The number of ether oxygens (including phenoxy) is 1. The third-order valence-electron chi connectivity index (χ3n) is 2.04. The molecule has 0 saturated carbocycles. The summed E-state index contributed by atoms with van der Waals surface area (Å²) in [6, 6.07) is 0. The monoisotopic (exact) mass is 233 g/mol. The molecule has 0 aromatic carbocycles. The molecule has 0 aromatic heterocycles. The van der Waals surface area contributed by atoms with E-state index in [1.807, 2.05) is 20.8 Å². The SMILES string of the molecule is CC(C)(C)OC(=O)C1=CC2=CN=CC=CN2N1. The average Bonchev–Trinajstić information content (AvgIpc) is 2.48. The van der Waals surface area contributed by atoms with Crippen molar-refractivity contribution in [3.63, 3.8) is 0 Å². The van der Waals surface area contributed by atoms with E-state index >= 15 is 0 Å². The molecule has 5 heteroatoms. The van der Waals surface area contributed by atoms with Crippen molar-refractivity contribution in [1.29, 1.82) is 0 Å². The third-order valence-corrected chi connectivity index (χ3v) is 2.04. The largest absolute Gasteiger partial charge is 0.455 e. The van der Waals surface area contributed by atoms with Crippen molar-refractivity contribution in [1.82, 2.24) is 10.4 Å². The lowest BCUT2D eigenvalue weighted by Crippen LogP contribution is -2.32. The first-order valence-electron chi connectivity index (χ1n) is 5.37. The van der Waals surface area contributed by atoms with Gasteiger partial charge in [-0.05, 0) is 32.9 Å². The second-order valence-corrected chi connectivity index (χ2v) is 4.74. The number of nitrogens with zero attached hydrogens (tertiary/aromatic N) is 2. The molecule has 0 bridgehead atoms. The van der Waals surface area contributed by atoms with Crippen LogP contribution in [0.15, 0.2) is 40.9 Å². The molecule has 0 amide bonds. The summed E-state index contributed by atoms with van der Waals surface area (Å²) in [5.41, 5.74) is 3.65. The maximum Gasteiger partial charge on any atom is 0.356 e. The molecule has 0 radical (unpaired) electrons. The highest BCUT2D eigenvalue weighted by Gasteiger charge is 2.26. The van der Waals surface area contributed by atoms with Crippen molar-refractivity contribution in [3.8, 4) is 0 Å². The second kappa shape index (κ2) is 4.08. The Balaban J connectivity index is 2.13. The van der Waals surface area contributed by atoms with E-state index in [4.69, 9.17) is 4.74 Å². The summed E-state index contributed by atoms with van der Waals surface area (Å²) < 4.78 is 5.27. The molecule has 2 aliphatic rings. The van der Waals surface area contributed by atoms with Gasteiger partial charge in [-0.15, -0.1) is 0 Å². The Morgan fingerprint density at radius 1 is 1.47 bits per heavy atom. The minimum absolute atomic E-state index is 0.371. The van der Waals surface area contributed by atoms with Crippen LogP contribution in [0.1, 0.15) is 20.8 Å². The number of nitrogens with one attached hydrogen (secondary N) is 1. The molecule has 2 aliphatic heterocycles. The summed E-state index contributed by atoms with van der Waals surface area (Å²) in [5, 5.41) is 1.71. The van der Waals surface area contributed by atoms with E-state index in [1.165, 1.54) is 0 Å². The first-order chi connectivity index (χ1) is 7.96. The van der Waals surface area contributed by atoms with Crippen LogP contribution in [0, 0.1) is 0 Å². The molecule has 0 fully saturated rings. The van der Waals surface area contributed by atoms with Crippen molar-refractivity contribution >= 4 is 12.2 Å². The topological polar surface area (TPSA) is 53.9 Å². The Labute approximate surface area is 100 Å². The summed E-state index contributed by atoms with van der Waals surface area (Å²) in [4.78, 5) is 15.9. The molecular formula is C12H15N3O2. The van der Waals surface area contributed by atoms with Crippen LogP contribution in [-0.4, -0.2) is 22.8 Å². The van der Waals surface area contributed by atoms with E-state index in [0.717, 1.165) is 5.70 Å².